The van der Waals surface area contributed by atoms with Crippen LogP contribution >= 0.6 is 0 Å². The standard InChI is InChI=1S/C14H26/c1-5-11-7-12-6-10(4)14(12)13(8-11)9(2)3/h9-14H,5-8H2,1-4H3/t10?,11-,12?,13+,14?/m1/s1. The van der Waals surface area contributed by atoms with Crippen molar-refractivity contribution in [2.24, 2.45) is 35.5 Å². The molecule has 2 rings (SSSR count). The molecule has 0 nitrogen and oxygen atoms in total. The Morgan fingerprint density at radius 3 is 2.36 bits per heavy atom. The maximum Gasteiger partial charge on any atom is -0.0329 e. The van der Waals surface area contributed by atoms with Crippen molar-refractivity contribution in [3.63, 3.8) is 0 Å². The van der Waals surface area contributed by atoms with Crippen LogP contribution in [0.3, 0.4) is 0 Å². The highest BCUT2D eigenvalue weighted by atomic mass is 14.5. The second-order valence-electron chi connectivity index (χ2n) is 6.20. The SMILES string of the molecule is CC[C@@H]1CC2CC(C)C2[C@H](C(C)C)C1. The maximum atomic E-state index is 2.48. The summed E-state index contributed by atoms with van der Waals surface area (Å²) in [6.07, 6.45) is 6.03. The largest absolute Gasteiger partial charge is 0.0651 e. The lowest BCUT2D eigenvalue weighted by Crippen LogP contribution is -2.47. The maximum absolute atomic E-state index is 2.48. The molecule has 2 saturated carbocycles. The van der Waals surface area contributed by atoms with Crippen LogP contribution in [0, 0.1) is 35.5 Å². The Morgan fingerprint density at radius 1 is 1.14 bits per heavy atom. The first-order chi connectivity index (χ1) is 6.63. The van der Waals surface area contributed by atoms with Crippen LogP contribution in [0.25, 0.3) is 0 Å². The number of hydrogen-bond acceptors (Lipinski definition) is 0. The predicted octanol–water partition coefficient (Wildman–Crippen LogP) is 4.35. The van der Waals surface area contributed by atoms with Crippen LogP contribution in [-0.2, 0) is 0 Å². The van der Waals surface area contributed by atoms with Gasteiger partial charge < -0.3 is 0 Å². The van der Waals surface area contributed by atoms with E-state index in [-0.39, 0.29) is 0 Å². The van der Waals surface area contributed by atoms with Gasteiger partial charge in [0.2, 0.25) is 0 Å². The molecule has 2 fully saturated rings. The average Bonchev–Trinajstić information content (AvgIpc) is 2.14. The van der Waals surface area contributed by atoms with E-state index in [0.29, 0.717) is 0 Å². The third-order valence-electron chi connectivity index (χ3n) is 5.05. The zero-order valence-electron chi connectivity index (χ0n) is 10.3. The molecule has 2 aliphatic carbocycles. The first kappa shape index (κ1) is 10.5. The molecule has 0 heteroatoms. The molecule has 2 aliphatic rings. The molecule has 0 radical (unpaired) electrons. The van der Waals surface area contributed by atoms with Crippen molar-refractivity contribution >= 4 is 0 Å². The fourth-order valence-corrected chi connectivity index (χ4v) is 4.20. The van der Waals surface area contributed by atoms with Crippen LogP contribution in [0.1, 0.15) is 53.4 Å². The van der Waals surface area contributed by atoms with E-state index in [0.717, 1.165) is 35.5 Å². The quantitative estimate of drug-likeness (QED) is 0.613. The minimum Gasteiger partial charge on any atom is -0.0651 e. The van der Waals surface area contributed by atoms with Gasteiger partial charge in [-0.05, 0) is 54.8 Å². The molecule has 0 amide bonds. The smallest absolute Gasteiger partial charge is 0.0329 e. The normalized spacial score (nSPS) is 47.4. The van der Waals surface area contributed by atoms with Gasteiger partial charge in [0.1, 0.15) is 0 Å². The van der Waals surface area contributed by atoms with Crippen LogP contribution < -0.4 is 0 Å². The Labute approximate surface area is 89.5 Å². The lowest BCUT2D eigenvalue weighted by Gasteiger charge is -2.54. The third-order valence-corrected chi connectivity index (χ3v) is 5.05. The van der Waals surface area contributed by atoms with Gasteiger partial charge in [0, 0.05) is 0 Å². The molecule has 14 heavy (non-hydrogen) atoms. The summed E-state index contributed by atoms with van der Waals surface area (Å²) in [4.78, 5) is 0. The van der Waals surface area contributed by atoms with Crippen molar-refractivity contribution in [1.29, 1.82) is 0 Å². The van der Waals surface area contributed by atoms with Crippen LogP contribution in [0.5, 0.6) is 0 Å². The molecule has 0 heterocycles. The molecule has 0 bridgehead atoms. The van der Waals surface area contributed by atoms with E-state index < -0.39 is 0 Å². The summed E-state index contributed by atoms with van der Waals surface area (Å²) in [7, 11) is 0. The van der Waals surface area contributed by atoms with Crippen molar-refractivity contribution in [1.82, 2.24) is 0 Å². The van der Waals surface area contributed by atoms with Crippen LogP contribution in [0.2, 0.25) is 0 Å². The molecule has 0 aromatic rings. The van der Waals surface area contributed by atoms with Gasteiger partial charge in [0.05, 0.1) is 0 Å². The fourth-order valence-electron chi connectivity index (χ4n) is 4.20. The van der Waals surface area contributed by atoms with E-state index in [1.54, 1.807) is 6.42 Å². The number of hydrogen-bond donors (Lipinski definition) is 0. The summed E-state index contributed by atoms with van der Waals surface area (Å²) >= 11 is 0. The van der Waals surface area contributed by atoms with E-state index in [1.165, 1.54) is 19.3 Å². The van der Waals surface area contributed by atoms with Gasteiger partial charge in [-0.3, -0.25) is 0 Å². The summed E-state index contributed by atoms with van der Waals surface area (Å²) < 4.78 is 0. The minimum atomic E-state index is 0.916. The van der Waals surface area contributed by atoms with E-state index in [4.69, 9.17) is 0 Å². The van der Waals surface area contributed by atoms with Crippen LogP contribution in [0.4, 0.5) is 0 Å². The zero-order chi connectivity index (χ0) is 10.3. The molecular weight excluding hydrogens is 168 g/mol. The Kier molecular flexibility index (Phi) is 2.91. The van der Waals surface area contributed by atoms with Crippen molar-refractivity contribution in [2.45, 2.75) is 53.4 Å². The number of rotatable bonds is 2. The average molecular weight is 194 g/mol. The summed E-state index contributed by atoms with van der Waals surface area (Å²) in [5.41, 5.74) is 0. The lowest BCUT2D eigenvalue weighted by molar-refractivity contribution is -0.0512. The third kappa shape index (κ3) is 1.61. The van der Waals surface area contributed by atoms with E-state index >= 15 is 0 Å². The summed E-state index contributed by atoms with van der Waals surface area (Å²) in [6, 6.07) is 0. The Balaban J connectivity index is 2.04. The monoisotopic (exact) mass is 194 g/mol. The molecule has 0 saturated heterocycles. The van der Waals surface area contributed by atoms with Crippen LogP contribution in [0.15, 0.2) is 0 Å². The van der Waals surface area contributed by atoms with E-state index in [2.05, 4.69) is 27.7 Å². The minimum absolute atomic E-state index is 0.916. The van der Waals surface area contributed by atoms with Crippen molar-refractivity contribution in [3.05, 3.63) is 0 Å². The first-order valence-electron chi connectivity index (χ1n) is 6.63. The zero-order valence-corrected chi connectivity index (χ0v) is 10.3. The van der Waals surface area contributed by atoms with E-state index in [1.807, 2.05) is 0 Å². The van der Waals surface area contributed by atoms with Crippen molar-refractivity contribution < 1.29 is 0 Å². The van der Waals surface area contributed by atoms with Gasteiger partial charge in [-0.15, -0.1) is 0 Å². The van der Waals surface area contributed by atoms with Gasteiger partial charge in [-0.1, -0.05) is 34.1 Å². The second-order valence-corrected chi connectivity index (χ2v) is 6.20. The van der Waals surface area contributed by atoms with E-state index in [9.17, 15) is 0 Å². The molecule has 0 N–H and O–H groups in total. The van der Waals surface area contributed by atoms with Gasteiger partial charge in [-0.25, -0.2) is 0 Å². The molecule has 0 aromatic carbocycles. The van der Waals surface area contributed by atoms with Crippen molar-refractivity contribution in [3.8, 4) is 0 Å². The Hall–Kier alpha value is 0. The van der Waals surface area contributed by atoms with Gasteiger partial charge >= 0.3 is 0 Å². The first-order valence-corrected chi connectivity index (χ1v) is 6.63. The summed E-state index contributed by atoms with van der Waals surface area (Å²) in [5, 5.41) is 0. The van der Waals surface area contributed by atoms with Crippen molar-refractivity contribution in [2.75, 3.05) is 0 Å². The highest BCUT2D eigenvalue weighted by Crippen LogP contribution is 2.55. The molecule has 0 aromatic heterocycles. The van der Waals surface area contributed by atoms with Gasteiger partial charge in [-0.2, -0.15) is 0 Å². The lowest BCUT2D eigenvalue weighted by atomic mass is 9.51. The summed E-state index contributed by atoms with van der Waals surface area (Å²) in [5.74, 6) is 6.25. The topological polar surface area (TPSA) is 0 Å². The number of fused-ring (bicyclic) bond motifs is 1. The predicted molar refractivity (Wildman–Crippen MR) is 62.1 cm³/mol. The molecule has 82 valence electrons. The van der Waals surface area contributed by atoms with Gasteiger partial charge in [0.15, 0.2) is 0 Å². The van der Waals surface area contributed by atoms with Gasteiger partial charge in [0.25, 0.3) is 0 Å². The second kappa shape index (κ2) is 3.87. The molecule has 0 aliphatic heterocycles. The summed E-state index contributed by atoms with van der Waals surface area (Å²) in [6.45, 7) is 9.73. The fraction of sp³-hybridized carbons (Fsp3) is 1.00. The highest BCUT2D eigenvalue weighted by Gasteiger charge is 2.47. The van der Waals surface area contributed by atoms with Crippen LogP contribution in [-0.4, -0.2) is 0 Å². The molecular formula is C14H26. The molecule has 5 atom stereocenters. The Morgan fingerprint density at radius 2 is 1.86 bits per heavy atom. The molecule has 3 unspecified atom stereocenters. The Bertz CT molecular complexity index is 194. The highest BCUT2D eigenvalue weighted by molar-refractivity contribution is 4.96. The molecule has 0 spiro atoms.